The molecule has 4 aromatic rings. The number of nitrogens with one attached hydrogen (secondary N) is 1. The van der Waals surface area contributed by atoms with Gasteiger partial charge in [-0.3, -0.25) is 14.3 Å². The molecule has 4 rings (SSSR count). The molecule has 0 saturated heterocycles. The van der Waals surface area contributed by atoms with Crippen LogP contribution in [0, 0.1) is 13.8 Å². The lowest BCUT2D eigenvalue weighted by Gasteiger charge is -2.07. The van der Waals surface area contributed by atoms with Crippen LogP contribution in [-0.4, -0.2) is 15.3 Å². The van der Waals surface area contributed by atoms with Gasteiger partial charge in [-0.25, -0.2) is 4.68 Å². The Hall–Kier alpha value is -3.12. The predicted molar refractivity (Wildman–Crippen MR) is 110 cm³/mol. The van der Waals surface area contributed by atoms with E-state index in [0.29, 0.717) is 16.3 Å². The van der Waals surface area contributed by atoms with Gasteiger partial charge in [0.2, 0.25) is 0 Å². The summed E-state index contributed by atoms with van der Waals surface area (Å²) in [5.74, 6) is -0.250. The van der Waals surface area contributed by atoms with Crippen molar-refractivity contribution in [2.45, 2.75) is 13.8 Å². The van der Waals surface area contributed by atoms with Gasteiger partial charge in [-0.1, -0.05) is 36.4 Å². The third kappa shape index (κ3) is 2.78. The van der Waals surface area contributed by atoms with Crippen LogP contribution in [0.5, 0.6) is 0 Å². The average Bonchev–Trinajstić information content (AvgIpc) is 3.12. The molecule has 0 aliphatic carbocycles. The van der Waals surface area contributed by atoms with Crippen molar-refractivity contribution in [2.24, 2.45) is 7.05 Å². The quantitative estimate of drug-likeness (QED) is 0.580. The molecule has 27 heavy (non-hydrogen) atoms. The third-order valence-electron chi connectivity index (χ3n) is 4.84. The molecule has 2 aromatic heterocycles. The summed E-state index contributed by atoms with van der Waals surface area (Å²) < 4.78 is 4.37. The standard InChI is InChI=1S/C21H19N3O2S/c1-13-16-11-7-8-12-17(16)27-19(13)20(25)22-18-14(2)23(3)24(21(18)26)15-9-5-4-6-10-15/h4-12H,1-3H3,(H,22,25). The number of amides is 1. The largest absolute Gasteiger partial charge is 0.315 e. The monoisotopic (exact) mass is 377 g/mol. The van der Waals surface area contributed by atoms with Crippen LogP contribution in [0.3, 0.4) is 0 Å². The zero-order valence-corrected chi connectivity index (χ0v) is 16.1. The zero-order valence-electron chi connectivity index (χ0n) is 15.3. The fourth-order valence-electron chi connectivity index (χ4n) is 3.27. The van der Waals surface area contributed by atoms with Crippen LogP contribution in [0.2, 0.25) is 0 Å². The highest BCUT2D eigenvalue weighted by molar-refractivity contribution is 7.21. The number of carbonyl (C=O) groups is 1. The maximum absolute atomic E-state index is 13.0. The molecule has 0 atom stereocenters. The topological polar surface area (TPSA) is 56.0 Å². The molecule has 0 bridgehead atoms. The number of carbonyl (C=O) groups excluding carboxylic acids is 1. The number of hydrogen-bond acceptors (Lipinski definition) is 3. The van der Waals surface area contributed by atoms with Gasteiger partial charge < -0.3 is 5.32 Å². The van der Waals surface area contributed by atoms with E-state index in [1.54, 1.807) is 9.36 Å². The Labute approximate surface area is 160 Å². The summed E-state index contributed by atoms with van der Waals surface area (Å²) in [6.07, 6.45) is 0. The SMILES string of the molecule is Cc1c(C(=O)Nc2c(C)n(C)n(-c3ccccc3)c2=O)sc2ccccc12. The number of thiophene rings is 1. The molecule has 6 heteroatoms. The minimum atomic E-state index is -0.250. The Morgan fingerprint density at radius 2 is 1.67 bits per heavy atom. The van der Waals surface area contributed by atoms with Gasteiger partial charge in [0.05, 0.1) is 16.3 Å². The van der Waals surface area contributed by atoms with Crippen LogP contribution in [0.4, 0.5) is 5.69 Å². The average molecular weight is 377 g/mol. The van der Waals surface area contributed by atoms with Gasteiger partial charge in [-0.2, -0.15) is 0 Å². The second kappa shape index (κ2) is 6.55. The molecule has 136 valence electrons. The fraction of sp³-hybridized carbons (Fsp3) is 0.143. The lowest BCUT2D eigenvalue weighted by molar-refractivity contribution is 0.103. The maximum atomic E-state index is 13.0. The van der Waals surface area contributed by atoms with Crippen molar-refractivity contribution in [3.8, 4) is 5.69 Å². The van der Waals surface area contributed by atoms with Gasteiger partial charge in [-0.05, 0) is 43.0 Å². The van der Waals surface area contributed by atoms with Gasteiger partial charge in [0.25, 0.3) is 11.5 Å². The van der Waals surface area contributed by atoms with Crippen LogP contribution in [0.15, 0.2) is 59.4 Å². The number of benzene rings is 2. The molecule has 1 N–H and O–H groups in total. The first-order chi connectivity index (χ1) is 13.0. The van der Waals surface area contributed by atoms with E-state index in [1.165, 1.54) is 11.3 Å². The molecule has 2 aromatic carbocycles. The van der Waals surface area contributed by atoms with E-state index in [0.717, 1.165) is 21.3 Å². The van der Waals surface area contributed by atoms with Gasteiger partial charge in [0, 0.05) is 11.7 Å². The number of aryl methyl sites for hydroxylation is 1. The van der Waals surface area contributed by atoms with Crippen LogP contribution < -0.4 is 10.9 Å². The molecule has 0 saturated carbocycles. The summed E-state index contributed by atoms with van der Waals surface area (Å²) in [4.78, 5) is 26.5. The number of anilines is 1. The maximum Gasteiger partial charge on any atom is 0.295 e. The van der Waals surface area contributed by atoms with Crippen molar-refractivity contribution in [1.82, 2.24) is 9.36 Å². The molecule has 0 aliphatic heterocycles. The Bertz CT molecular complexity index is 1220. The first kappa shape index (κ1) is 17.3. The van der Waals surface area contributed by atoms with E-state index < -0.39 is 0 Å². The van der Waals surface area contributed by atoms with Crippen molar-refractivity contribution >= 4 is 33.0 Å². The molecule has 2 heterocycles. The predicted octanol–water partition coefficient (Wildman–Crippen LogP) is 4.26. The summed E-state index contributed by atoms with van der Waals surface area (Å²) in [6.45, 7) is 3.77. The first-order valence-corrected chi connectivity index (χ1v) is 9.44. The third-order valence-corrected chi connectivity index (χ3v) is 6.11. The molecule has 5 nitrogen and oxygen atoms in total. The number of para-hydroxylation sites is 1. The first-order valence-electron chi connectivity index (χ1n) is 8.62. The van der Waals surface area contributed by atoms with Gasteiger partial charge in [0.15, 0.2) is 0 Å². The van der Waals surface area contributed by atoms with E-state index in [4.69, 9.17) is 0 Å². The second-order valence-electron chi connectivity index (χ2n) is 6.44. The number of rotatable bonds is 3. The van der Waals surface area contributed by atoms with E-state index >= 15 is 0 Å². The zero-order chi connectivity index (χ0) is 19.1. The number of nitrogens with zero attached hydrogens (tertiary/aromatic N) is 2. The summed E-state index contributed by atoms with van der Waals surface area (Å²) in [6, 6.07) is 17.3. The minimum absolute atomic E-state index is 0.242. The molecule has 0 spiro atoms. The molecule has 0 unspecified atom stereocenters. The van der Waals surface area contributed by atoms with Crippen LogP contribution in [0.1, 0.15) is 20.9 Å². The molecule has 0 radical (unpaired) electrons. The number of fused-ring (bicyclic) bond motifs is 1. The van der Waals surface area contributed by atoms with Crippen molar-refractivity contribution in [1.29, 1.82) is 0 Å². The van der Waals surface area contributed by atoms with Crippen LogP contribution in [-0.2, 0) is 7.05 Å². The lowest BCUT2D eigenvalue weighted by atomic mass is 10.1. The summed E-state index contributed by atoms with van der Waals surface area (Å²) in [5.41, 5.74) is 2.46. The number of hydrogen-bond donors (Lipinski definition) is 1. The Morgan fingerprint density at radius 1 is 1.00 bits per heavy atom. The Kier molecular flexibility index (Phi) is 4.20. The van der Waals surface area contributed by atoms with E-state index in [9.17, 15) is 9.59 Å². The fourth-order valence-corrected chi connectivity index (χ4v) is 4.38. The van der Waals surface area contributed by atoms with E-state index in [2.05, 4.69) is 5.32 Å². The van der Waals surface area contributed by atoms with Crippen LogP contribution in [0.25, 0.3) is 15.8 Å². The van der Waals surface area contributed by atoms with Gasteiger partial charge in [-0.15, -0.1) is 11.3 Å². The highest BCUT2D eigenvalue weighted by Gasteiger charge is 2.21. The van der Waals surface area contributed by atoms with Crippen molar-refractivity contribution in [3.05, 3.63) is 81.1 Å². The van der Waals surface area contributed by atoms with Crippen molar-refractivity contribution < 1.29 is 4.79 Å². The molecular formula is C21H19N3O2S. The summed E-state index contributed by atoms with van der Waals surface area (Å²) >= 11 is 1.44. The second-order valence-corrected chi connectivity index (χ2v) is 7.50. The summed E-state index contributed by atoms with van der Waals surface area (Å²) in [7, 11) is 1.81. The summed E-state index contributed by atoms with van der Waals surface area (Å²) in [5, 5.41) is 3.91. The minimum Gasteiger partial charge on any atom is -0.315 e. The van der Waals surface area contributed by atoms with Crippen molar-refractivity contribution in [2.75, 3.05) is 5.32 Å². The molecule has 0 aliphatic rings. The van der Waals surface area contributed by atoms with E-state index in [-0.39, 0.29) is 11.5 Å². The van der Waals surface area contributed by atoms with E-state index in [1.807, 2.05) is 75.5 Å². The Morgan fingerprint density at radius 3 is 2.37 bits per heavy atom. The number of aromatic nitrogens is 2. The van der Waals surface area contributed by atoms with Gasteiger partial charge in [0.1, 0.15) is 5.69 Å². The van der Waals surface area contributed by atoms with Gasteiger partial charge >= 0.3 is 0 Å². The van der Waals surface area contributed by atoms with Crippen LogP contribution >= 0.6 is 11.3 Å². The highest BCUT2D eigenvalue weighted by atomic mass is 32.1. The molecule has 1 amide bonds. The molecular weight excluding hydrogens is 358 g/mol. The Balaban J connectivity index is 1.76. The van der Waals surface area contributed by atoms with Crippen molar-refractivity contribution in [3.63, 3.8) is 0 Å². The smallest absolute Gasteiger partial charge is 0.295 e. The normalized spacial score (nSPS) is 11.1. The molecule has 0 fully saturated rings. The lowest BCUT2D eigenvalue weighted by Crippen LogP contribution is -2.22. The highest BCUT2D eigenvalue weighted by Crippen LogP contribution is 2.31.